The normalized spacial score (nSPS) is 12.2. The topological polar surface area (TPSA) is 56.2 Å². The summed E-state index contributed by atoms with van der Waals surface area (Å²) in [6.07, 6.45) is 2.82. The minimum atomic E-state index is 0.210. The van der Waals surface area contributed by atoms with Gasteiger partial charge in [-0.25, -0.2) is 9.50 Å². The van der Waals surface area contributed by atoms with Gasteiger partial charge < -0.3 is 5.73 Å². The number of nitrogens with zero attached hydrogens (tertiary/aromatic N) is 3. The molecule has 0 aromatic carbocycles. The van der Waals surface area contributed by atoms with Gasteiger partial charge >= 0.3 is 0 Å². The van der Waals surface area contributed by atoms with Crippen molar-refractivity contribution in [2.75, 3.05) is 0 Å². The Morgan fingerprint density at radius 1 is 1.31 bits per heavy atom. The van der Waals surface area contributed by atoms with E-state index in [1.54, 1.807) is 0 Å². The molecule has 16 heavy (non-hydrogen) atoms. The second-order valence-corrected chi connectivity index (χ2v) is 5.31. The number of rotatable bonds is 2. The number of pyridine rings is 1. The van der Waals surface area contributed by atoms with Crippen molar-refractivity contribution in [3.05, 3.63) is 29.7 Å². The van der Waals surface area contributed by atoms with E-state index in [-0.39, 0.29) is 5.41 Å². The van der Waals surface area contributed by atoms with Crippen molar-refractivity contribution in [3.63, 3.8) is 0 Å². The molecule has 2 rings (SSSR count). The lowest BCUT2D eigenvalue weighted by atomic mass is 9.92. The molecule has 0 spiro atoms. The van der Waals surface area contributed by atoms with Gasteiger partial charge in [0.25, 0.3) is 0 Å². The summed E-state index contributed by atoms with van der Waals surface area (Å²) in [4.78, 5) is 4.48. The molecular weight excluding hydrogens is 200 g/mol. The highest BCUT2D eigenvalue weighted by molar-refractivity contribution is 5.38. The SMILES string of the molecule is CC(C)(C)Cc1nc2ccc(CN)cn2n1. The monoisotopic (exact) mass is 218 g/mol. The van der Waals surface area contributed by atoms with E-state index in [4.69, 9.17) is 5.73 Å². The van der Waals surface area contributed by atoms with Gasteiger partial charge in [0.2, 0.25) is 0 Å². The fourth-order valence-corrected chi connectivity index (χ4v) is 1.64. The summed E-state index contributed by atoms with van der Waals surface area (Å²) in [6.45, 7) is 7.09. The van der Waals surface area contributed by atoms with Crippen molar-refractivity contribution < 1.29 is 0 Å². The number of hydrogen-bond donors (Lipinski definition) is 1. The summed E-state index contributed by atoms with van der Waals surface area (Å²) in [7, 11) is 0. The molecule has 2 aromatic heterocycles. The smallest absolute Gasteiger partial charge is 0.155 e. The van der Waals surface area contributed by atoms with Crippen molar-refractivity contribution in [3.8, 4) is 0 Å². The Balaban J connectivity index is 2.36. The van der Waals surface area contributed by atoms with Gasteiger partial charge in [-0.1, -0.05) is 26.8 Å². The predicted octanol–water partition coefficient (Wildman–Crippen LogP) is 1.78. The highest BCUT2D eigenvalue weighted by Crippen LogP contribution is 2.18. The van der Waals surface area contributed by atoms with Crippen molar-refractivity contribution in [2.24, 2.45) is 11.1 Å². The molecule has 2 aromatic rings. The maximum atomic E-state index is 5.59. The predicted molar refractivity (Wildman–Crippen MR) is 64.0 cm³/mol. The number of fused-ring (bicyclic) bond motifs is 1. The quantitative estimate of drug-likeness (QED) is 0.836. The Bertz CT molecular complexity index is 493. The minimum absolute atomic E-state index is 0.210. The van der Waals surface area contributed by atoms with E-state index in [1.807, 2.05) is 22.8 Å². The van der Waals surface area contributed by atoms with Crippen LogP contribution in [0.4, 0.5) is 0 Å². The first-order chi connectivity index (χ1) is 7.48. The van der Waals surface area contributed by atoms with E-state index in [2.05, 4.69) is 30.9 Å². The highest BCUT2D eigenvalue weighted by atomic mass is 15.3. The molecule has 0 aliphatic rings. The maximum Gasteiger partial charge on any atom is 0.155 e. The lowest BCUT2D eigenvalue weighted by Gasteiger charge is -2.14. The van der Waals surface area contributed by atoms with Gasteiger partial charge in [0, 0.05) is 19.2 Å². The molecule has 2 N–H and O–H groups in total. The zero-order valence-electron chi connectivity index (χ0n) is 10.1. The third-order valence-corrected chi connectivity index (χ3v) is 2.36. The average Bonchev–Trinajstić information content (AvgIpc) is 2.55. The van der Waals surface area contributed by atoms with Crippen LogP contribution in [-0.4, -0.2) is 14.6 Å². The molecule has 0 atom stereocenters. The zero-order valence-corrected chi connectivity index (χ0v) is 10.1. The molecule has 4 nitrogen and oxygen atoms in total. The summed E-state index contributed by atoms with van der Waals surface area (Å²) in [5.41, 5.74) is 7.75. The standard InChI is InChI=1S/C12H18N4/c1-12(2,3)6-10-14-11-5-4-9(7-13)8-16(11)15-10/h4-5,8H,6-7,13H2,1-3H3. The van der Waals surface area contributed by atoms with Gasteiger partial charge in [-0.3, -0.25) is 0 Å². The highest BCUT2D eigenvalue weighted by Gasteiger charge is 2.15. The largest absolute Gasteiger partial charge is 0.326 e. The molecule has 0 amide bonds. The second kappa shape index (κ2) is 3.87. The third kappa shape index (κ3) is 2.39. The van der Waals surface area contributed by atoms with E-state index in [0.29, 0.717) is 6.54 Å². The van der Waals surface area contributed by atoms with Gasteiger partial charge in [0.1, 0.15) is 0 Å². The van der Waals surface area contributed by atoms with Crippen LogP contribution in [0.2, 0.25) is 0 Å². The van der Waals surface area contributed by atoms with Gasteiger partial charge in [0.15, 0.2) is 11.5 Å². The molecule has 4 heteroatoms. The summed E-state index contributed by atoms with van der Waals surface area (Å²) in [6, 6.07) is 3.95. The molecule has 0 bridgehead atoms. The van der Waals surface area contributed by atoms with Crippen LogP contribution in [-0.2, 0) is 13.0 Å². The maximum absolute atomic E-state index is 5.59. The first-order valence-corrected chi connectivity index (χ1v) is 5.52. The molecule has 2 heterocycles. The van der Waals surface area contributed by atoms with Crippen LogP contribution < -0.4 is 5.73 Å². The molecule has 0 aliphatic heterocycles. The van der Waals surface area contributed by atoms with E-state index < -0.39 is 0 Å². The van der Waals surface area contributed by atoms with Crippen LogP contribution in [0.1, 0.15) is 32.2 Å². The van der Waals surface area contributed by atoms with Gasteiger partial charge in [-0.15, -0.1) is 0 Å². The van der Waals surface area contributed by atoms with Crippen LogP contribution in [0.15, 0.2) is 18.3 Å². The molecule has 86 valence electrons. The summed E-state index contributed by atoms with van der Waals surface area (Å²) >= 11 is 0. The fourth-order valence-electron chi connectivity index (χ4n) is 1.64. The van der Waals surface area contributed by atoms with Gasteiger partial charge in [0.05, 0.1) is 0 Å². The van der Waals surface area contributed by atoms with Crippen molar-refractivity contribution in [2.45, 2.75) is 33.7 Å². The van der Waals surface area contributed by atoms with Crippen molar-refractivity contribution >= 4 is 5.65 Å². The second-order valence-electron chi connectivity index (χ2n) is 5.31. The molecule has 0 saturated heterocycles. The minimum Gasteiger partial charge on any atom is -0.326 e. The zero-order chi connectivity index (χ0) is 11.8. The Morgan fingerprint density at radius 2 is 2.06 bits per heavy atom. The Hall–Kier alpha value is -1.42. The molecule has 0 radical (unpaired) electrons. The summed E-state index contributed by atoms with van der Waals surface area (Å²) < 4.78 is 1.81. The molecule has 0 saturated carbocycles. The van der Waals surface area contributed by atoms with Crippen LogP contribution in [0.5, 0.6) is 0 Å². The lowest BCUT2D eigenvalue weighted by molar-refractivity contribution is 0.401. The number of aromatic nitrogens is 3. The van der Waals surface area contributed by atoms with Crippen LogP contribution >= 0.6 is 0 Å². The van der Waals surface area contributed by atoms with Gasteiger partial charge in [-0.2, -0.15) is 5.10 Å². The fraction of sp³-hybridized carbons (Fsp3) is 0.500. The van der Waals surface area contributed by atoms with Gasteiger partial charge in [-0.05, 0) is 17.0 Å². The molecule has 0 fully saturated rings. The van der Waals surface area contributed by atoms with E-state index in [0.717, 1.165) is 23.5 Å². The average molecular weight is 218 g/mol. The van der Waals surface area contributed by atoms with Crippen LogP contribution in [0, 0.1) is 5.41 Å². The molecular formula is C12H18N4. The summed E-state index contributed by atoms with van der Waals surface area (Å²) in [5.74, 6) is 0.890. The van der Waals surface area contributed by atoms with E-state index >= 15 is 0 Å². The van der Waals surface area contributed by atoms with Crippen molar-refractivity contribution in [1.82, 2.24) is 14.6 Å². The van der Waals surface area contributed by atoms with Crippen LogP contribution in [0.3, 0.4) is 0 Å². The van der Waals surface area contributed by atoms with Crippen LogP contribution in [0.25, 0.3) is 5.65 Å². The lowest BCUT2D eigenvalue weighted by Crippen LogP contribution is -2.10. The Labute approximate surface area is 95.5 Å². The first-order valence-electron chi connectivity index (χ1n) is 5.52. The number of hydrogen-bond acceptors (Lipinski definition) is 3. The summed E-state index contributed by atoms with van der Waals surface area (Å²) in [5, 5.41) is 4.46. The Morgan fingerprint density at radius 3 is 2.69 bits per heavy atom. The molecule has 0 unspecified atom stereocenters. The third-order valence-electron chi connectivity index (χ3n) is 2.36. The van der Waals surface area contributed by atoms with Crippen molar-refractivity contribution in [1.29, 1.82) is 0 Å². The number of nitrogens with two attached hydrogens (primary N) is 1. The molecule has 0 aliphatic carbocycles. The van der Waals surface area contributed by atoms with E-state index in [9.17, 15) is 0 Å². The first kappa shape index (κ1) is 11.1. The Kier molecular flexibility index (Phi) is 2.68. The van der Waals surface area contributed by atoms with E-state index in [1.165, 1.54) is 0 Å².